The van der Waals surface area contributed by atoms with E-state index in [4.69, 9.17) is 5.26 Å². The van der Waals surface area contributed by atoms with Crippen molar-refractivity contribution in [1.82, 2.24) is 9.62 Å². The number of nitrogens with zero attached hydrogens (tertiary/aromatic N) is 2. The van der Waals surface area contributed by atoms with Gasteiger partial charge in [-0.3, -0.25) is 4.90 Å². The zero-order chi connectivity index (χ0) is 18.3. The topological polar surface area (TPSA) is 102 Å². The van der Waals surface area contributed by atoms with E-state index in [2.05, 4.69) is 16.1 Å². The first-order valence-corrected chi connectivity index (χ1v) is 10.6. The number of aryl methyl sites for hydroxylation is 2. The predicted octanol–water partition coefficient (Wildman–Crippen LogP) is 0.942. The number of amides is 2. The van der Waals surface area contributed by atoms with Crippen molar-refractivity contribution in [2.24, 2.45) is 0 Å². The number of urea groups is 1. The van der Waals surface area contributed by atoms with Crippen molar-refractivity contribution in [2.45, 2.75) is 43.8 Å². The summed E-state index contributed by atoms with van der Waals surface area (Å²) in [7, 11) is -3.74. The monoisotopic (exact) mass is 413 g/mol. The number of fused-ring (bicyclic) bond motifs is 2. The zero-order valence-corrected chi connectivity index (χ0v) is 19.5. The number of rotatable bonds is 4. The van der Waals surface area contributed by atoms with Gasteiger partial charge in [0.05, 0.1) is 12.6 Å². The summed E-state index contributed by atoms with van der Waals surface area (Å²) in [6.07, 6.45) is 6.04. The van der Waals surface area contributed by atoms with Crippen LogP contribution in [-0.4, -0.2) is 95.6 Å². The number of nitrogens with one attached hydrogen (secondary N) is 2. The van der Waals surface area contributed by atoms with Crippen molar-refractivity contribution in [2.75, 3.05) is 25.0 Å². The van der Waals surface area contributed by atoms with E-state index in [1.54, 1.807) is 4.90 Å². The first-order chi connectivity index (χ1) is 12.5. The minimum absolute atomic E-state index is 0. The molecular formula is C18H22KN4O3S. The van der Waals surface area contributed by atoms with Crippen molar-refractivity contribution in [3.63, 3.8) is 0 Å². The third kappa shape index (κ3) is 4.27. The van der Waals surface area contributed by atoms with Crippen LogP contribution < -0.4 is 10.0 Å². The minimum atomic E-state index is -3.74. The Morgan fingerprint density at radius 3 is 2.30 bits per heavy atom. The van der Waals surface area contributed by atoms with Gasteiger partial charge in [-0.05, 0) is 60.8 Å². The minimum Gasteiger partial charge on any atom is -0.307 e. The van der Waals surface area contributed by atoms with Crippen LogP contribution in [-0.2, 0) is 35.7 Å². The molecule has 4 rings (SSSR count). The zero-order valence-electron chi connectivity index (χ0n) is 15.5. The number of anilines is 1. The number of hydrogen-bond donors (Lipinski definition) is 2. The Labute approximate surface area is 202 Å². The molecule has 1 heterocycles. The molecule has 1 saturated heterocycles. The van der Waals surface area contributed by atoms with E-state index in [0.717, 1.165) is 44.2 Å². The molecule has 139 valence electrons. The molecule has 1 radical (unpaired) electrons. The molecular weight excluding hydrogens is 391 g/mol. The van der Waals surface area contributed by atoms with E-state index in [9.17, 15) is 13.2 Å². The van der Waals surface area contributed by atoms with Gasteiger partial charge in [0.15, 0.2) is 0 Å². The van der Waals surface area contributed by atoms with Gasteiger partial charge in [-0.25, -0.2) is 17.9 Å². The summed E-state index contributed by atoms with van der Waals surface area (Å²) >= 11 is 0. The molecule has 0 unspecified atom stereocenters. The van der Waals surface area contributed by atoms with E-state index in [-0.39, 0.29) is 71.0 Å². The number of benzene rings is 1. The summed E-state index contributed by atoms with van der Waals surface area (Å²) in [6.45, 7) is 0.777. The predicted molar refractivity (Wildman–Crippen MR) is 103 cm³/mol. The van der Waals surface area contributed by atoms with E-state index in [1.165, 1.54) is 22.3 Å². The molecule has 3 aliphatic rings. The summed E-state index contributed by atoms with van der Waals surface area (Å²) in [4.78, 5) is 14.1. The molecule has 0 bridgehead atoms. The Hall–Kier alpha value is -0.474. The Morgan fingerprint density at radius 1 is 1.15 bits per heavy atom. The van der Waals surface area contributed by atoms with E-state index in [1.807, 2.05) is 6.07 Å². The summed E-state index contributed by atoms with van der Waals surface area (Å²) in [5.41, 5.74) is 5.74. The molecule has 1 aromatic carbocycles. The molecule has 1 fully saturated rings. The van der Waals surface area contributed by atoms with Gasteiger partial charge in [0.2, 0.25) is 10.0 Å². The third-order valence-corrected chi connectivity index (χ3v) is 7.25. The Balaban J connectivity index is 0.00000210. The fourth-order valence-electron chi connectivity index (χ4n) is 4.27. The molecule has 0 aromatic heterocycles. The number of nitriles is 1. The first-order valence-electron chi connectivity index (χ1n) is 9.06. The van der Waals surface area contributed by atoms with Crippen LogP contribution in [0.4, 0.5) is 10.5 Å². The van der Waals surface area contributed by atoms with Crippen LogP contribution in [0.15, 0.2) is 6.07 Å². The second-order valence-corrected chi connectivity index (χ2v) is 9.27. The van der Waals surface area contributed by atoms with Crippen LogP contribution in [0, 0.1) is 11.3 Å². The molecule has 7 nitrogen and oxygen atoms in total. The standard InChI is InChI=1S/C18H22N4O3S.K/c19-7-8-22-10-14(11-22)26(24,25)21-18(23)20-17-15-5-1-3-12(15)9-13-4-2-6-16(13)17;/h9,14H,1-6,8,10-11H2,(H2,20,21,23);. The maximum atomic E-state index is 12.4. The third-order valence-electron chi connectivity index (χ3n) is 5.60. The van der Waals surface area contributed by atoms with Gasteiger partial charge in [-0.1, -0.05) is 6.07 Å². The van der Waals surface area contributed by atoms with Gasteiger partial charge in [0.25, 0.3) is 0 Å². The van der Waals surface area contributed by atoms with Crippen molar-refractivity contribution in [3.05, 3.63) is 28.3 Å². The molecule has 1 aromatic rings. The average Bonchev–Trinajstić information content (AvgIpc) is 3.18. The van der Waals surface area contributed by atoms with Gasteiger partial charge in [0.1, 0.15) is 5.25 Å². The normalized spacial score (nSPS) is 18.6. The fourth-order valence-corrected chi connectivity index (χ4v) is 5.56. The van der Waals surface area contributed by atoms with E-state index in [0.29, 0.717) is 0 Å². The van der Waals surface area contributed by atoms with Crippen LogP contribution in [0.1, 0.15) is 35.1 Å². The quantitative estimate of drug-likeness (QED) is 0.565. The van der Waals surface area contributed by atoms with Gasteiger partial charge in [-0.15, -0.1) is 0 Å². The van der Waals surface area contributed by atoms with Gasteiger partial charge in [0, 0.05) is 70.2 Å². The van der Waals surface area contributed by atoms with Crippen molar-refractivity contribution in [1.29, 1.82) is 5.26 Å². The van der Waals surface area contributed by atoms with Gasteiger partial charge in [-0.2, -0.15) is 5.26 Å². The van der Waals surface area contributed by atoms with Gasteiger partial charge < -0.3 is 5.32 Å². The maximum absolute atomic E-state index is 12.4. The number of carbonyl (C=O) groups is 1. The number of sulfonamides is 1. The number of hydrogen-bond acceptors (Lipinski definition) is 5. The molecule has 2 N–H and O–H groups in total. The molecule has 0 atom stereocenters. The molecule has 27 heavy (non-hydrogen) atoms. The second kappa shape index (κ2) is 8.49. The van der Waals surface area contributed by atoms with Crippen LogP contribution in [0.2, 0.25) is 0 Å². The number of likely N-dealkylation sites (tertiary alicyclic amines) is 1. The molecule has 1 aliphatic heterocycles. The van der Waals surface area contributed by atoms with Gasteiger partial charge >= 0.3 is 6.03 Å². The summed E-state index contributed by atoms with van der Waals surface area (Å²) in [6, 6.07) is 3.58. The van der Waals surface area contributed by atoms with Crippen LogP contribution in [0.3, 0.4) is 0 Å². The Morgan fingerprint density at radius 2 is 1.74 bits per heavy atom. The molecule has 2 aliphatic carbocycles. The molecule has 9 heteroatoms. The summed E-state index contributed by atoms with van der Waals surface area (Å²) in [5.74, 6) is 0. The SMILES string of the molecule is N#CCN1CC(S(=O)(=O)NC(=O)Nc2c3c(cc4c2CCC4)CCC3)C1.[K]. The molecule has 0 saturated carbocycles. The largest absolute Gasteiger partial charge is 0.332 e. The second-order valence-electron chi connectivity index (χ2n) is 7.31. The molecule has 2 amide bonds. The fraction of sp³-hybridized carbons (Fsp3) is 0.556. The van der Waals surface area contributed by atoms with Crippen LogP contribution in [0.5, 0.6) is 0 Å². The average molecular weight is 414 g/mol. The maximum Gasteiger partial charge on any atom is 0.332 e. The molecule has 0 spiro atoms. The first kappa shape index (κ1) is 21.2. The van der Waals surface area contributed by atoms with Crippen molar-refractivity contribution < 1.29 is 13.2 Å². The van der Waals surface area contributed by atoms with Crippen molar-refractivity contribution in [3.8, 4) is 6.07 Å². The Bertz CT molecular complexity index is 872. The van der Waals surface area contributed by atoms with E-state index >= 15 is 0 Å². The number of carbonyl (C=O) groups excluding carboxylic acids is 1. The van der Waals surface area contributed by atoms with Crippen molar-refractivity contribution >= 4 is 73.1 Å². The van der Waals surface area contributed by atoms with E-state index < -0.39 is 21.3 Å². The smallest absolute Gasteiger partial charge is 0.307 e. The van der Waals surface area contributed by atoms with Crippen LogP contribution >= 0.6 is 0 Å². The summed E-state index contributed by atoms with van der Waals surface area (Å²) < 4.78 is 26.9. The Kier molecular flexibility index (Phi) is 6.68. The van der Waals surface area contributed by atoms with Crippen LogP contribution in [0.25, 0.3) is 0 Å². The summed E-state index contributed by atoms with van der Waals surface area (Å²) in [5, 5.41) is 10.8.